The van der Waals surface area contributed by atoms with Crippen molar-refractivity contribution in [2.45, 2.75) is 18.8 Å². The van der Waals surface area contributed by atoms with Crippen molar-refractivity contribution in [3.05, 3.63) is 65.7 Å². The van der Waals surface area contributed by atoms with Crippen molar-refractivity contribution < 1.29 is 4.39 Å². The van der Waals surface area contributed by atoms with Crippen LogP contribution in [0.2, 0.25) is 0 Å². The first-order chi connectivity index (χ1) is 9.72. The molecule has 0 saturated carbocycles. The van der Waals surface area contributed by atoms with Crippen molar-refractivity contribution in [3.63, 3.8) is 0 Å². The molecule has 0 fully saturated rings. The zero-order valence-electron chi connectivity index (χ0n) is 11.1. The Labute approximate surface area is 121 Å². The predicted molar refractivity (Wildman–Crippen MR) is 79.5 cm³/mol. The van der Waals surface area contributed by atoms with Gasteiger partial charge in [-0.1, -0.05) is 30.3 Å². The van der Waals surface area contributed by atoms with Crippen LogP contribution in [0.4, 0.5) is 4.39 Å². The van der Waals surface area contributed by atoms with E-state index in [-0.39, 0.29) is 11.9 Å². The lowest BCUT2D eigenvalue weighted by atomic mass is 10.1. The Morgan fingerprint density at radius 3 is 2.60 bits per heavy atom. The van der Waals surface area contributed by atoms with Gasteiger partial charge in [0.25, 0.3) is 0 Å². The Bertz CT molecular complexity index is 751. The summed E-state index contributed by atoms with van der Waals surface area (Å²) in [6, 6.07) is 14.5. The fraction of sp³-hybridized carbons (Fsp3) is 0.188. The van der Waals surface area contributed by atoms with Crippen LogP contribution in [-0.2, 0) is 5.88 Å². The lowest BCUT2D eigenvalue weighted by molar-refractivity contribution is 0.556. The van der Waals surface area contributed by atoms with Gasteiger partial charge in [-0.3, -0.25) is 0 Å². The van der Waals surface area contributed by atoms with Crippen LogP contribution in [0.25, 0.3) is 11.0 Å². The molecule has 2 nitrogen and oxygen atoms in total. The van der Waals surface area contributed by atoms with E-state index in [1.54, 1.807) is 12.1 Å². The molecule has 1 aromatic heterocycles. The van der Waals surface area contributed by atoms with Gasteiger partial charge in [0.2, 0.25) is 0 Å². The summed E-state index contributed by atoms with van der Waals surface area (Å²) in [6.07, 6.45) is 0. The average molecular weight is 289 g/mol. The molecule has 0 radical (unpaired) electrons. The number of benzene rings is 2. The second-order valence-corrected chi connectivity index (χ2v) is 4.99. The van der Waals surface area contributed by atoms with Crippen molar-refractivity contribution in [3.8, 4) is 0 Å². The van der Waals surface area contributed by atoms with Crippen LogP contribution in [0.15, 0.2) is 48.5 Å². The molecular weight excluding hydrogens is 275 g/mol. The van der Waals surface area contributed by atoms with Crippen molar-refractivity contribution in [2.24, 2.45) is 0 Å². The van der Waals surface area contributed by atoms with Crippen LogP contribution < -0.4 is 0 Å². The van der Waals surface area contributed by atoms with Gasteiger partial charge >= 0.3 is 0 Å². The van der Waals surface area contributed by atoms with E-state index in [9.17, 15) is 4.39 Å². The van der Waals surface area contributed by atoms with Crippen LogP contribution in [0.5, 0.6) is 0 Å². The van der Waals surface area contributed by atoms with Crippen LogP contribution in [-0.4, -0.2) is 9.55 Å². The number of hydrogen-bond donors (Lipinski definition) is 0. The molecule has 0 spiro atoms. The molecule has 0 aliphatic rings. The van der Waals surface area contributed by atoms with Crippen molar-refractivity contribution in [1.29, 1.82) is 0 Å². The molecule has 0 saturated heterocycles. The molecule has 0 amide bonds. The Morgan fingerprint density at radius 1 is 1.15 bits per heavy atom. The van der Waals surface area contributed by atoms with E-state index in [0.29, 0.717) is 11.4 Å². The van der Waals surface area contributed by atoms with Gasteiger partial charge in [0.05, 0.1) is 23.0 Å². The Morgan fingerprint density at radius 2 is 1.85 bits per heavy atom. The topological polar surface area (TPSA) is 17.8 Å². The third-order valence-corrected chi connectivity index (χ3v) is 3.77. The summed E-state index contributed by atoms with van der Waals surface area (Å²) in [4.78, 5) is 4.52. The molecule has 0 N–H and O–H groups in total. The number of alkyl halides is 1. The van der Waals surface area contributed by atoms with Crippen LogP contribution >= 0.6 is 11.6 Å². The molecule has 1 unspecified atom stereocenters. The summed E-state index contributed by atoms with van der Waals surface area (Å²) in [6.45, 7) is 1.96. The SMILES string of the molecule is CC(c1ccccc1F)n1c(CCl)nc2ccccc21. The smallest absolute Gasteiger partial charge is 0.128 e. The first kappa shape index (κ1) is 13.1. The fourth-order valence-corrected chi connectivity index (χ4v) is 2.76. The lowest BCUT2D eigenvalue weighted by Crippen LogP contribution is -2.11. The highest BCUT2D eigenvalue weighted by Crippen LogP contribution is 2.28. The highest BCUT2D eigenvalue weighted by atomic mass is 35.5. The predicted octanol–water partition coefficient (Wildman–Crippen LogP) is 4.52. The summed E-state index contributed by atoms with van der Waals surface area (Å²) in [5.41, 5.74) is 2.49. The summed E-state index contributed by atoms with van der Waals surface area (Å²) in [5.74, 6) is 0.843. The van der Waals surface area contributed by atoms with Crippen LogP contribution in [0.3, 0.4) is 0 Å². The maximum atomic E-state index is 14.0. The zero-order valence-corrected chi connectivity index (χ0v) is 11.8. The monoisotopic (exact) mass is 288 g/mol. The molecule has 3 rings (SSSR count). The highest BCUT2D eigenvalue weighted by Gasteiger charge is 2.18. The minimum absolute atomic E-state index is 0.155. The molecule has 1 heterocycles. The summed E-state index contributed by atoms with van der Waals surface area (Å²) in [5, 5.41) is 0. The van der Waals surface area contributed by atoms with Crippen molar-refractivity contribution >= 4 is 22.6 Å². The minimum Gasteiger partial charge on any atom is -0.320 e. The molecule has 4 heteroatoms. The molecule has 0 aliphatic heterocycles. The summed E-state index contributed by atoms with van der Waals surface area (Å²) >= 11 is 6.00. The first-order valence-corrected chi connectivity index (χ1v) is 7.02. The standard InChI is InChI=1S/C16H14ClFN2/c1-11(12-6-2-3-7-13(12)18)20-15-9-5-4-8-14(15)19-16(20)10-17/h2-9,11H,10H2,1H3. The van der Waals surface area contributed by atoms with Gasteiger partial charge in [0.15, 0.2) is 0 Å². The minimum atomic E-state index is -0.210. The number of para-hydroxylation sites is 2. The molecule has 1 atom stereocenters. The molecule has 2 aromatic carbocycles. The van der Waals surface area contributed by atoms with Gasteiger partial charge in [-0.05, 0) is 25.1 Å². The maximum absolute atomic E-state index is 14.0. The Hall–Kier alpha value is -1.87. The number of fused-ring (bicyclic) bond motifs is 1. The van der Waals surface area contributed by atoms with E-state index in [1.807, 2.05) is 41.8 Å². The number of imidazole rings is 1. The van der Waals surface area contributed by atoms with Gasteiger partial charge < -0.3 is 4.57 Å². The summed E-state index contributed by atoms with van der Waals surface area (Å²) < 4.78 is 16.0. The lowest BCUT2D eigenvalue weighted by Gasteiger charge is -2.18. The van der Waals surface area contributed by atoms with Gasteiger partial charge in [-0.2, -0.15) is 0 Å². The largest absolute Gasteiger partial charge is 0.320 e. The van der Waals surface area contributed by atoms with Gasteiger partial charge in [-0.15, -0.1) is 11.6 Å². The molecule has 3 aromatic rings. The zero-order chi connectivity index (χ0) is 14.1. The van der Waals surface area contributed by atoms with E-state index >= 15 is 0 Å². The van der Waals surface area contributed by atoms with Crippen LogP contribution in [0, 0.1) is 5.82 Å². The number of rotatable bonds is 3. The molecule has 20 heavy (non-hydrogen) atoms. The second kappa shape index (κ2) is 5.25. The van der Waals surface area contributed by atoms with Crippen LogP contribution in [0.1, 0.15) is 24.4 Å². The normalized spacial score (nSPS) is 12.8. The quantitative estimate of drug-likeness (QED) is 0.648. The fourth-order valence-electron chi connectivity index (χ4n) is 2.57. The summed E-state index contributed by atoms with van der Waals surface area (Å²) in [7, 11) is 0. The van der Waals surface area contributed by atoms with E-state index in [4.69, 9.17) is 11.6 Å². The molecule has 102 valence electrons. The number of nitrogens with zero attached hydrogens (tertiary/aromatic N) is 2. The number of halogens is 2. The van der Waals surface area contributed by atoms with E-state index in [0.717, 1.165) is 16.9 Å². The van der Waals surface area contributed by atoms with Gasteiger partial charge in [0.1, 0.15) is 11.6 Å². The molecule has 0 aliphatic carbocycles. The van der Waals surface area contributed by atoms with Crippen molar-refractivity contribution in [2.75, 3.05) is 0 Å². The van der Waals surface area contributed by atoms with Gasteiger partial charge in [-0.25, -0.2) is 9.37 Å². The second-order valence-electron chi connectivity index (χ2n) is 4.72. The van der Waals surface area contributed by atoms with Gasteiger partial charge in [0, 0.05) is 5.56 Å². The van der Waals surface area contributed by atoms with Crippen molar-refractivity contribution in [1.82, 2.24) is 9.55 Å². The van der Waals surface area contributed by atoms with E-state index in [2.05, 4.69) is 4.98 Å². The van der Waals surface area contributed by atoms with E-state index in [1.165, 1.54) is 6.07 Å². The van der Waals surface area contributed by atoms with E-state index < -0.39 is 0 Å². The Balaban J connectivity index is 2.21. The number of aromatic nitrogens is 2. The number of hydrogen-bond acceptors (Lipinski definition) is 1. The third-order valence-electron chi connectivity index (χ3n) is 3.53. The maximum Gasteiger partial charge on any atom is 0.128 e. The molecule has 0 bridgehead atoms. The highest BCUT2D eigenvalue weighted by molar-refractivity contribution is 6.16. The average Bonchev–Trinajstić information content (AvgIpc) is 2.85. The Kier molecular flexibility index (Phi) is 3.45. The molecular formula is C16H14ClFN2. The third kappa shape index (κ3) is 2.08. The first-order valence-electron chi connectivity index (χ1n) is 6.48.